The molecule has 1 aromatic carbocycles. The van der Waals surface area contributed by atoms with Gasteiger partial charge in [0, 0.05) is 5.92 Å². The number of carboxylic acid groups (broad SMARTS) is 1. The average molecular weight is 220 g/mol. The van der Waals surface area contributed by atoms with E-state index in [-0.39, 0.29) is 5.92 Å². The van der Waals surface area contributed by atoms with Crippen molar-refractivity contribution in [3.63, 3.8) is 0 Å². The molecule has 3 heteroatoms. The zero-order chi connectivity index (χ0) is 11.7. The van der Waals surface area contributed by atoms with Gasteiger partial charge in [0.2, 0.25) is 0 Å². The van der Waals surface area contributed by atoms with E-state index >= 15 is 0 Å². The van der Waals surface area contributed by atoms with Crippen LogP contribution in [0.4, 0.5) is 0 Å². The van der Waals surface area contributed by atoms with Gasteiger partial charge in [-0.15, -0.1) is 0 Å². The third-order valence-corrected chi connectivity index (χ3v) is 3.49. The zero-order valence-electron chi connectivity index (χ0n) is 9.26. The van der Waals surface area contributed by atoms with E-state index in [1.165, 1.54) is 0 Å². The molecule has 1 fully saturated rings. The molecule has 2 rings (SSSR count). The first-order chi connectivity index (χ1) is 7.61. The lowest BCUT2D eigenvalue weighted by atomic mass is 9.85. The Bertz CT molecular complexity index is 400. The minimum absolute atomic E-state index is 0.251. The lowest BCUT2D eigenvalue weighted by Gasteiger charge is -2.21. The maximum Gasteiger partial charge on any atom is 0.307 e. The number of aliphatic hydroxyl groups excluding tert-OH is 1. The highest BCUT2D eigenvalue weighted by molar-refractivity contribution is 5.72. The van der Waals surface area contributed by atoms with E-state index in [9.17, 15) is 9.90 Å². The summed E-state index contributed by atoms with van der Waals surface area (Å²) in [5, 5.41) is 19.1. The van der Waals surface area contributed by atoms with Gasteiger partial charge in [0.25, 0.3) is 0 Å². The topological polar surface area (TPSA) is 57.5 Å². The van der Waals surface area contributed by atoms with Crippen LogP contribution < -0.4 is 0 Å². The van der Waals surface area contributed by atoms with Gasteiger partial charge in [0.05, 0.1) is 12.0 Å². The van der Waals surface area contributed by atoms with Crippen LogP contribution in [0.5, 0.6) is 0 Å². The standard InChI is InChI=1S/C13H16O3/c1-8-4-2-3-5-9(8)12-10(13(15)16)6-7-11(12)14/h2-5,10-12,14H,6-7H2,1H3,(H,15,16)/t10-,11+,12+/m1/s1. The molecule has 0 unspecified atom stereocenters. The lowest BCUT2D eigenvalue weighted by Crippen LogP contribution is -2.23. The summed E-state index contributed by atoms with van der Waals surface area (Å²) in [6, 6.07) is 7.70. The van der Waals surface area contributed by atoms with Gasteiger partial charge in [-0.1, -0.05) is 24.3 Å². The first-order valence-corrected chi connectivity index (χ1v) is 5.57. The molecule has 0 amide bonds. The van der Waals surface area contributed by atoms with Crippen LogP contribution in [0.15, 0.2) is 24.3 Å². The summed E-state index contributed by atoms with van der Waals surface area (Å²) in [6.07, 6.45) is 0.619. The van der Waals surface area contributed by atoms with E-state index in [0.29, 0.717) is 12.8 Å². The van der Waals surface area contributed by atoms with Gasteiger partial charge >= 0.3 is 5.97 Å². The van der Waals surface area contributed by atoms with Crippen molar-refractivity contribution in [2.75, 3.05) is 0 Å². The number of aliphatic hydroxyl groups is 1. The molecule has 0 spiro atoms. The number of aliphatic carboxylic acids is 1. The number of aryl methyl sites for hydroxylation is 1. The Morgan fingerprint density at radius 2 is 2.00 bits per heavy atom. The molecule has 0 bridgehead atoms. The second-order valence-corrected chi connectivity index (χ2v) is 4.47. The van der Waals surface area contributed by atoms with E-state index in [1.54, 1.807) is 0 Å². The van der Waals surface area contributed by atoms with Crippen molar-refractivity contribution in [1.29, 1.82) is 0 Å². The Kier molecular flexibility index (Phi) is 2.97. The molecular weight excluding hydrogens is 204 g/mol. The fourth-order valence-corrected chi connectivity index (χ4v) is 2.64. The Hall–Kier alpha value is -1.35. The quantitative estimate of drug-likeness (QED) is 0.800. The maximum absolute atomic E-state index is 11.1. The molecule has 1 saturated carbocycles. The van der Waals surface area contributed by atoms with Gasteiger partial charge in [-0.05, 0) is 30.9 Å². The van der Waals surface area contributed by atoms with Crippen molar-refractivity contribution in [2.45, 2.75) is 31.8 Å². The van der Waals surface area contributed by atoms with Crippen LogP contribution in [0.3, 0.4) is 0 Å². The highest BCUT2D eigenvalue weighted by atomic mass is 16.4. The number of carboxylic acids is 1. The molecule has 1 aromatic rings. The molecule has 1 aliphatic carbocycles. The molecule has 0 heterocycles. The second-order valence-electron chi connectivity index (χ2n) is 4.47. The Morgan fingerprint density at radius 3 is 2.62 bits per heavy atom. The fraction of sp³-hybridized carbons (Fsp3) is 0.462. The van der Waals surface area contributed by atoms with E-state index in [1.807, 2.05) is 31.2 Å². The normalized spacial score (nSPS) is 29.2. The first-order valence-electron chi connectivity index (χ1n) is 5.57. The summed E-state index contributed by atoms with van der Waals surface area (Å²) in [4.78, 5) is 11.1. The predicted octanol–water partition coefficient (Wildman–Crippen LogP) is 1.93. The highest BCUT2D eigenvalue weighted by Crippen LogP contribution is 2.41. The average Bonchev–Trinajstić information content (AvgIpc) is 2.61. The van der Waals surface area contributed by atoms with Crippen LogP contribution in [-0.4, -0.2) is 22.3 Å². The maximum atomic E-state index is 11.1. The van der Waals surface area contributed by atoms with Gasteiger partial charge in [-0.3, -0.25) is 4.79 Å². The summed E-state index contributed by atoms with van der Waals surface area (Å²) >= 11 is 0. The Balaban J connectivity index is 2.37. The van der Waals surface area contributed by atoms with Crippen LogP contribution in [0.25, 0.3) is 0 Å². The SMILES string of the molecule is Cc1ccccc1[C@@H]1[C@@H](O)CC[C@H]1C(=O)O. The van der Waals surface area contributed by atoms with E-state index < -0.39 is 18.0 Å². The van der Waals surface area contributed by atoms with Crippen molar-refractivity contribution in [3.05, 3.63) is 35.4 Å². The summed E-state index contributed by atoms with van der Waals surface area (Å²) in [7, 11) is 0. The van der Waals surface area contributed by atoms with Crippen LogP contribution in [0, 0.1) is 12.8 Å². The predicted molar refractivity (Wildman–Crippen MR) is 60.3 cm³/mol. The van der Waals surface area contributed by atoms with Crippen molar-refractivity contribution in [1.82, 2.24) is 0 Å². The minimum Gasteiger partial charge on any atom is -0.481 e. The van der Waals surface area contributed by atoms with Crippen molar-refractivity contribution < 1.29 is 15.0 Å². The van der Waals surface area contributed by atoms with Crippen molar-refractivity contribution >= 4 is 5.97 Å². The third-order valence-electron chi connectivity index (χ3n) is 3.49. The number of rotatable bonds is 2. The van der Waals surface area contributed by atoms with E-state index in [0.717, 1.165) is 11.1 Å². The van der Waals surface area contributed by atoms with Crippen LogP contribution >= 0.6 is 0 Å². The third kappa shape index (κ3) is 1.83. The Morgan fingerprint density at radius 1 is 1.31 bits per heavy atom. The van der Waals surface area contributed by atoms with Gasteiger partial charge in [-0.2, -0.15) is 0 Å². The summed E-state index contributed by atoms with van der Waals surface area (Å²) < 4.78 is 0. The van der Waals surface area contributed by atoms with Gasteiger partial charge in [0.15, 0.2) is 0 Å². The summed E-state index contributed by atoms with van der Waals surface area (Å²) in [5.41, 5.74) is 2.03. The van der Waals surface area contributed by atoms with Crippen LogP contribution in [0.1, 0.15) is 29.9 Å². The molecule has 0 aromatic heterocycles. The molecule has 0 saturated heterocycles. The second kappa shape index (κ2) is 4.26. The largest absolute Gasteiger partial charge is 0.481 e. The number of benzene rings is 1. The van der Waals surface area contributed by atoms with Crippen LogP contribution in [-0.2, 0) is 4.79 Å². The highest BCUT2D eigenvalue weighted by Gasteiger charge is 2.40. The summed E-state index contributed by atoms with van der Waals surface area (Å²) in [5.74, 6) is -1.50. The molecule has 86 valence electrons. The summed E-state index contributed by atoms with van der Waals surface area (Å²) in [6.45, 7) is 1.96. The fourth-order valence-electron chi connectivity index (χ4n) is 2.64. The molecule has 0 aliphatic heterocycles. The molecular formula is C13H16O3. The van der Waals surface area contributed by atoms with Gasteiger partial charge in [-0.25, -0.2) is 0 Å². The molecule has 3 atom stereocenters. The monoisotopic (exact) mass is 220 g/mol. The lowest BCUT2D eigenvalue weighted by molar-refractivity contribution is -0.142. The van der Waals surface area contributed by atoms with Crippen molar-refractivity contribution in [3.8, 4) is 0 Å². The zero-order valence-corrected chi connectivity index (χ0v) is 9.26. The van der Waals surface area contributed by atoms with Crippen molar-refractivity contribution in [2.24, 2.45) is 5.92 Å². The minimum atomic E-state index is -0.801. The smallest absolute Gasteiger partial charge is 0.307 e. The molecule has 2 N–H and O–H groups in total. The van der Waals surface area contributed by atoms with E-state index in [2.05, 4.69) is 0 Å². The molecule has 1 aliphatic rings. The Labute approximate surface area is 94.7 Å². The molecule has 0 radical (unpaired) electrons. The van der Waals surface area contributed by atoms with Crippen LogP contribution in [0.2, 0.25) is 0 Å². The van der Waals surface area contributed by atoms with Gasteiger partial charge < -0.3 is 10.2 Å². The number of carbonyl (C=O) groups is 1. The number of hydrogen-bond donors (Lipinski definition) is 2. The molecule has 3 nitrogen and oxygen atoms in total. The molecule has 16 heavy (non-hydrogen) atoms. The van der Waals surface area contributed by atoms with E-state index in [4.69, 9.17) is 5.11 Å². The van der Waals surface area contributed by atoms with Gasteiger partial charge in [0.1, 0.15) is 0 Å². The number of hydrogen-bond acceptors (Lipinski definition) is 2. The first kappa shape index (κ1) is 11.1.